The Labute approximate surface area is 203 Å². The fourth-order valence-electron chi connectivity index (χ4n) is 3.74. The first-order valence-corrected chi connectivity index (χ1v) is 12.3. The third kappa shape index (κ3) is 5.45. The second kappa shape index (κ2) is 10.0. The molecule has 2 unspecified atom stereocenters. The lowest BCUT2D eigenvalue weighted by atomic mass is 10.2. The number of sulfonamides is 1. The average Bonchev–Trinajstić information content (AvgIpc) is 3.31. The van der Waals surface area contributed by atoms with Crippen molar-refractivity contribution in [1.82, 2.24) is 14.5 Å². The fraction of sp³-hybridized carbons (Fsp3) is 0.348. The summed E-state index contributed by atoms with van der Waals surface area (Å²) in [6, 6.07) is 10.6. The number of aromatic nitrogens is 2. The molecule has 4 rings (SSSR count). The van der Waals surface area contributed by atoms with E-state index in [1.807, 2.05) is 13.8 Å². The highest BCUT2D eigenvalue weighted by molar-refractivity contribution is 7.89. The summed E-state index contributed by atoms with van der Waals surface area (Å²) in [5.41, 5.74) is 0.783. The van der Waals surface area contributed by atoms with Crippen LogP contribution >= 0.6 is 0 Å². The van der Waals surface area contributed by atoms with Crippen LogP contribution in [0.1, 0.15) is 24.2 Å². The molecular formula is C23H26N4O7S. The van der Waals surface area contributed by atoms with E-state index < -0.39 is 15.9 Å². The second-order valence-electron chi connectivity index (χ2n) is 8.07. The molecule has 0 radical (unpaired) electrons. The Kier molecular flexibility index (Phi) is 7.05. The molecule has 2 heterocycles. The van der Waals surface area contributed by atoms with Crippen molar-refractivity contribution in [3.8, 4) is 23.0 Å². The minimum Gasteiger partial charge on any atom is -0.497 e. The molecule has 1 fully saturated rings. The van der Waals surface area contributed by atoms with Gasteiger partial charge in [0.1, 0.15) is 11.5 Å². The van der Waals surface area contributed by atoms with E-state index in [2.05, 4.69) is 15.5 Å². The number of carbonyl (C=O) groups excluding carboxylic acids is 1. The van der Waals surface area contributed by atoms with Crippen LogP contribution in [0.25, 0.3) is 11.5 Å². The summed E-state index contributed by atoms with van der Waals surface area (Å²) < 4.78 is 49.0. The van der Waals surface area contributed by atoms with Gasteiger partial charge in [-0.1, -0.05) is 5.10 Å². The molecule has 1 aliphatic rings. The van der Waals surface area contributed by atoms with Crippen LogP contribution in [0.15, 0.2) is 51.8 Å². The quantitative estimate of drug-likeness (QED) is 0.518. The highest BCUT2D eigenvalue weighted by Crippen LogP contribution is 2.30. The predicted molar refractivity (Wildman–Crippen MR) is 126 cm³/mol. The van der Waals surface area contributed by atoms with Crippen molar-refractivity contribution in [2.24, 2.45) is 0 Å². The van der Waals surface area contributed by atoms with Gasteiger partial charge in [-0.25, -0.2) is 8.42 Å². The number of benzene rings is 2. The molecule has 2 aromatic carbocycles. The fourth-order valence-corrected chi connectivity index (χ4v) is 5.34. The zero-order chi connectivity index (χ0) is 25.2. The van der Waals surface area contributed by atoms with Gasteiger partial charge in [-0.2, -0.15) is 4.31 Å². The molecule has 3 aromatic rings. The highest BCUT2D eigenvalue weighted by atomic mass is 32.2. The highest BCUT2D eigenvalue weighted by Gasteiger charge is 2.32. The van der Waals surface area contributed by atoms with Crippen molar-refractivity contribution in [1.29, 1.82) is 0 Å². The molecule has 186 valence electrons. The first-order valence-electron chi connectivity index (χ1n) is 10.8. The van der Waals surface area contributed by atoms with Gasteiger partial charge in [0.05, 0.1) is 31.3 Å². The minimum absolute atomic E-state index is 0.0994. The lowest BCUT2D eigenvalue weighted by Crippen LogP contribution is -2.48. The maximum atomic E-state index is 13.0. The number of rotatable bonds is 7. The summed E-state index contributed by atoms with van der Waals surface area (Å²) in [5, 5.41) is 10.3. The Morgan fingerprint density at radius 2 is 1.60 bits per heavy atom. The molecule has 1 aromatic heterocycles. The standard InChI is InChI=1S/C23H26N4O7S/c1-14-12-27(13-15(2)33-14)35(29,30)20-7-5-16(6-8-20)21(28)24-23-26-25-22(34-23)17-9-18(31-3)11-19(10-17)32-4/h5-11,14-15H,12-13H2,1-4H3,(H,24,26,28). The molecule has 2 atom stereocenters. The molecule has 0 bridgehead atoms. The number of morpholine rings is 1. The normalized spacial score (nSPS) is 18.7. The molecule has 1 saturated heterocycles. The predicted octanol–water partition coefficient (Wildman–Crippen LogP) is 2.80. The monoisotopic (exact) mass is 502 g/mol. The van der Waals surface area contributed by atoms with Gasteiger partial charge in [0.15, 0.2) is 0 Å². The summed E-state index contributed by atoms with van der Waals surface area (Å²) in [6.07, 6.45) is -0.396. The van der Waals surface area contributed by atoms with Crippen molar-refractivity contribution in [2.75, 3.05) is 32.6 Å². The van der Waals surface area contributed by atoms with E-state index in [1.165, 1.54) is 42.8 Å². The topological polar surface area (TPSA) is 133 Å². The zero-order valence-electron chi connectivity index (χ0n) is 19.7. The number of nitrogens with one attached hydrogen (secondary N) is 1. The molecule has 0 spiro atoms. The summed E-state index contributed by atoms with van der Waals surface area (Å²) in [5.74, 6) is 0.715. The molecule has 0 saturated carbocycles. The van der Waals surface area contributed by atoms with Gasteiger partial charge in [-0.3, -0.25) is 10.1 Å². The second-order valence-corrected chi connectivity index (χ2v) is 10.0. The molecule has 35 heavy (non-hydrogen) atoms. The number of carbonyl (C=O) groups is 1. The zero-order valence-corrected chi connectivity index (χ0v) is 20.5. The SMILES string of the molecule is COc1cc(OC)cc(-c2nnc(NC(=O)c3ccc(S(=O)(=O)N4CC(C)OC(C)C4)cc3)o2)c1. The summed E-state index contributed by atoms with van der Waals surface area (Å²) in [6.45, 7) is 4.21. The number of nitrogens with zero attached hydrogens (tertiary/aromatic N) is 3. The van der Waals surface area contributed by atoms with Gasteiger partial charge < -0.3 is 18.6 Å². The number of amides is 1. The van der Waals surface area contributed by atoms with E-state index in [1.54, 1.807) is 18.2 Å². The molecule has 1 aliphatic heterocycles. The lowest BCUT2D eigenvalue weighted by Gasteiger charge is -2.34. The maximum absolute atomic E-state index is 13.0. The Morgan fingerprint density at radius 3 is 2.17 bits per heavy atom. The van der Waals surface area contributed by atoms with Gasteiger partial charge in [-0.15, -0.1) is 5.10 Å². The van der Waals surface area contributed by atoms with Crippen LogP contribution in [0.4, 0.5) is 6.01 Å². The van der Waals surface area contributed by atoms with Crippen molar-refractivity contribution >= 4 is 21.9 Å². The molecule has 1 amide bonds. The maximum Gasteiger partial charge on any atom is 0.322 e. The first kappa shape index (κ1) is 24.6. The Hall–Kier alpha value is -3.48. The van der Waals surface area contributed by atoms with Gasteiger partial charge >= 0.3 is 6.01 Å². The van der Waals surface area contributed by atoms with E-state index in [9.17, 15) is 13.2 Å². The van der Waals surface area contributed by atoms with Crippen LogP contribution in [0.3, 0.4) is 0 Å². The van der Waals surface area contributed by atoms with Gasteiger partial charge in [0, 0.05) is 30.3 Å². The number of ether oxygens (including phenoxy) is 3. The summed E-state index contributed by atoms with van der Waals surface area (Å²) >= 11 is 0. The van der Waals surface area contributed by atoms with Gasteiger partial charge in [-0.05, 0) is 50.2 Å². The lowest BCUT2D eigenvalue weighted by molar-refractivity contribution is -0.0440. The molecule has 0 aliphatic carbocycles. The van der Waals surface area contributed by atoms with Crippen molar-refractivity contribution in [2.45, 2.75) is 31.0 Å². The third-order valence-electron chi connectivity index (χ3n) is 5.38. The van der Waals surface area contributed by atoms with Crippen LogP contribution < -0.4 is 14.8 Å². The van der Waals surface area contributed by atoms with Crippen LogP contribution in [0.2, 0.25) is 0 Å². The summed E-state index contributed by atoms with van der Waals surface area (Å²) in [7, 11) is -0.659. The van der Waals surface area contributed by atoms with Crippen molar-refractivity contribution < 1.29 is 31.8 Å². The smallest absolute Gasteiger partial charge is 0.322 e. The molecule has 1 N–H and O–H groups in total. The third-order valence-corrected chi connectivity index (χ3v) is 7.23. The van der Waals surface area contributed by atoms with E-state index in [0.717, 1.165) is 0 Å². The number of methoxy groups -OCH3 is 2. The van der Waals surface area contributed by atoms with Crippen LogP contribution in [0.5, 0.6) is 11.5 Å². The van der Waals surface area contributed by atoms with Crippen molar-refractivity contribution in [3.63, 3.8) is 0 Å². The van der Waals surface area contributed by atoms with Crippen molar-refractivity contribution in [3.05, 3.63) is 48.0 Å². The van der Waals surface area contributed by atoms with Crippen LogP contribution in [-0.4, -0.2) is 68.3 Å². The molecular weight excluding hydrogens is 476 g/mol. The van der Waals surface area contributed by atoms with E-state index >= 15 is 0 Å². The average molecular weight is 503 g/mol. The largest absolute Gasteiger partial charge is 0.497 e. The Balaban J connectivity index is 1.47. The summed E-state index contributed by atoms with van der Waals surface area (Å²) in [4.78, 5) is 12.8. The first-order chi connectivity index (χ1) is 16.7. The Bertz CT molecular complexity index is 1280. The van der Waals surface area contributed by atoms with Gasteiger partial charge in [0.2, 0.25) is 15.9 Å². The molecule has 12 heteroatoms. The van der Waals surface area contributed by atoms with E-state index in [-0.39, 0.29) is 47.7 Å². The van der Waals surface area contributed by atoms with Crippen LogP contribution in [0, 0.1) is 0 Å². The molecule has 11 nitrogen and oxygen atoms in total. The van der Waals surface area contributed by atoms with Crippen LogP contribution in [-0.2, 0) is 14.8 Å². The number of hydrogen-bond acceptors (Lipinski definition) is 9. The van der Waals surface area contributed by atoms with E-state index in [0.29, 0.717) is 17.1 Å². The minimum atomic E-state index is -3.71. The Morgan fingerprint density at radius 1 is 1.00 bits per heavy atom. The number of anilines is 1. The number of hydrogen-bond donors (Lipinski definition) is 1. The van der Waals surface area contributed by atoms with E-state index in [4.69, 9.17) is 18.6 Å². The van der Waals surface area contributed by atoms with Gasteiger partial charge in [0.25, 0.3) is 5.91 Å².